The summed E-state index contributed by atoms with van der Waals surface area (Å²) in [4.78, 5) is 24.2. The number of carbonyl (C=O) groups excluding carboxylic acids is 1. The maximum absolute atomic E-state index is 11.7. The van der Waals surface area contributed by atoms with Crippen LogP contribution in [-0.4, -0.2) is 33.0 Å². The number of aromatic nitrogens is 4. The van der Waals surface area contributed by atoms with Gasteiger partial charge in [0.2, 0.25) is 0 Å². The van der Waals surface area contributed by atoms with Crippen molar-refractivity contribution in [3.8, 4) is 0 Å². The number of H-pyrrole nitrogens is 1. The zero-order chi connectivity index (χ0) is 22.3. The predicted octanol–water partition coefficient (Wildman–Crippen LogP) is 5.38. The third kappa shape index (κ3) is 5.53. The number of rotatable bonds is 9. The lowest BCUT2D eigenvalue weighted by atomic mass is 10.1. The Hall–Kier alpha value is -3.65. The Labute approximate surface area is 191 Å². The van der Waals surface area contributed by atoms with E-state index < -0.39 is 0 Å². The number of anilines is 4. The Morgan fingerprint density at radius 3 is 2.53 bits per heavy atom. The highest BCUT2D eigenvalue weighted by Crippen LogP contribution is 2.31. The first-order chi connectivity index (χ1) is 15.6. The van der Waals surface area contributed by atoms with Crippen LogP contribution in [0.4, 0.5) is 23.1 Å². The van der Waals surface area contributed by atoms with E-state index in [0.717, 1.165) is 27.8 Å². The Bertz CT molecular complexity index is 1160. The van der Waals surface area contributed by atoms with Gasteiger partial charge >= 0.3 is 0 Å². The van der Waals surface area contributed by atoms with Crippen molar-refractivity contribution in [2.75, 3.05) is 17.3 Å². The van der Waals surface area contributed by atoms with Crippen LogP contribution in [-0.2, 0) is 11.2 Å². The number of benzene rings is 2. The van der Waals surface area contributed by atoms with Gasteiger partial charge in [0.05, 0.1) is 6.20 Å². The van der Waals surface area contributed by atoms with E-state index in [9.17, 15) is 4.79 Å². The van der Waals surface area contributed by atoms with Gasteiger partial charge in [0.15, 0.2) is 5.16 Å². The highest BCUT2D eigenvalue weighted by atomic mass is 32.2. The molecule has 2 aromatic carbocycles. The van der Waals surface area contributed by atoms with Crippen LogP contribution in [0.1, 0.15) is 18.9 Å². The molecule has 4 rings (SSSR count). The van der Waals surface area contributed by atoms with E-state index in [-0.39, 0.29) is 5.78 Å². The largest absolute Gasteiger partial charge is 0.329 e. The minimum atomic E-state index is 0.236. The Morgan fingerprint density at radius 1 is 1.06 bits per heavy atom. The van der Waals surface area contributed by atoms with Crippen LogP contribution < -0.4 is 10.2 Å². The summed E-state index contributed by atoms with van der Waals surface area (Å²) in [5, 5.41) is 10.7. The van der Waals surface area contributed by atoms with Gasteiger partial charge < -0.3 is 10.2 Å². The van der Waals surface area contributed by atoms with E-state index >= 15 is 0 Å². The maximum atomic E-state index is 11.7. The van der Waals surface area contributed by atoms with Crippen LogP contribution >= 0.6 is 11.8 Å². The van der Waals surface area contributed by atoms with Crippen molar-refractivity contribution in [1.29, 1.82) is 0 Å². The second-order valence-corrected chi connectivity index (χ2v) is 8.24. The minimum absolute atomic E-state index is 0.236. The summed E-state index contributed by atoms with van der Waals surface area (Å²) in [7, 11) is 1.98. The van der Waals surface area contributed by atoms with Gasteiger partial charge in [0, 0.05) is 42.6 Å². The summed E-state index contributed by atoms with van der Waals surface area (Å²) in [5.74, 6) is 2.41. The lowest BCUT2D eigenvalue weighted by molar-refractivity contribution is -0.118. The molecule has 4 aromatic rings. The molecule has 32 heavy (non-hydrogen) atoms. The lowest BCUT2D eigenvalue weighted by Crippen LogP contribution is -2.12. The topological polar surface area (TPSA) is 86.8 Å². The molecule has 0 aliphatic carbocycles. The Kier molecular flexibility index (Phi) is 6.81. The number of hydrogen-bond acceptors (Lipinski definition) is 7. The van der Waals surface area contributed by atoms with Gasteiger partial charge in [-0.15, -0.1) is 0 Å². The molecule has 2 N–H and O–H groups in total. The first kappa shape index (κ1) is 21.6. The zero-order valence-corrected chi connectivity index (χ0v) is 18.8. The number of para-hydroxylation sites is 1. The summed E-state index contributed by atoms with van der Waals surface area (Å²) in [5.41, 5.74) is 2.04. The SMILES string of the molecule is CCC(=O)Cc1ccc(Sc2nc(Nc3ccn[nH]3)cc(N(C)c3ccccc3)n2)cc1. The van der Waals surface area contributed by atoms with Gasteiger partial charge in [0.25, 0.3) is 0 Å². The number of ketones is 1. The van der Waals surface area contributed by atoms with Gasteiger partial charge in [-0.1, -0.05) is 37.3 Å². The fraction of sp³-hybridized carbons (Fsp3) is 0.167. The number of nitrogens with one attached hydrogen (secondary N) is 2. The highest BCUT2D eigenvalue weighted by Gasteiger charge is 2.12. The summed E-state index contributed by atoms with van der Waals surface area (Å²) >= 11 is 1.47. The quantitative estimate of drug-likeness (QED) is 0.335. The van der Waals surface area contributed by atoms with Crippen molar-refractivity contribution in [3.63, 3.8) is 0 Å². The van der Waals surface area contributed by atoms with Gasteiger partial charge in [-0.05, 0) is 41.6 Å². The zero-order valence-electron chi connectivity index (χ0n) is 17.9. The lowest BCUT2D eigenvalue weighted by Gasteiger charge is -2.19. The number of Topliss-reactive ketones (excluding diaryl/α,β-unsaturated/α-hetero) is 1. The molecular formula is C24H24N6OS. The predicted molar refractivity (Wildman–Crippen MR) is 128 cm³/mol. The Morgan fingerprint density at radius 2 is 1.84 bits per heavy atom. The molecule has 8 heteroatoms. The van der Waals surface area contributed by atoms with Gasteiger partial charge in [-0.25, -0.2) is 9.97 Å². The number of aromatic amines is 1. The second-order valence-electron chi connectivity index (χ2n) is 7.20. The van der Waals surface area contributed by atoms with Crippen molar-refractivity contribution in [3.05, 3.63) is 78.5 Å². The first-order valence-electron chi connectivity index (χ1n) is 10.3. The highest BCUT2D eigenvalue weighted by molar-refractivity contribution is 7.99. The maximum Gasteiger partial charge on any atom is 0.196 e. The van der Waals surface area contributed by atoms with Gasteiger partial charge in [-0.2, -0.15) is 5.10 Å². The van der Waals surface area contributed by atoms with Crippen LogP contribution in [0, 0.1) is 0 Å². The normalized spacial score (nSPS) is 10.7. The molecule has 0 aliphatic rings. The van der Waals surface area contributed by atoms with Crippen LogP contribution in [0.5, 0.6) is 0 Å². The molecule has 0 aliphatic heterocycles. The standard InChI is InChI=1S/C24H24N6OS/c1-3-19(31)15-17-9-11-20(12-10-17)32-24-27-22(26-21-13-14-25-29-21)16-23(28-24)30(2)18-7-5-4-6-8-18/h4-14,16H,3,15H2,1-2H3,(H2,25,26,27,28,29). The van der Waals surface area contributed by atoms with Crippen LogP contribution in [0.25, 0.3) is 0 Å². The first-order valence-corrected chi connectivity index (χ1v) is 11.1. The number of carbonyl (C=O) groups is 1. The molecule has 0 radical (unpaired) electrons. The molecule has 0 spiro atoms. The third-order valence-electron chi connectivity index (χ3n) is 4.87. The smallest absolute Gasteiger partial charge is 0.196 e. The minimum Gasteiger partial charge on any atom is -0.329 e. The molecule has 2 aromatic heterocycles. The third-order valence-corrected chi connectivity index (χ3v) is 5.74. The van der Waals surface area contributed by atoms with E-state index in [1.54, 1.807) is 6.20 Å². The molecular weight excluding hydrogens is 420 g/mol. The van der Waals surface area contributed by atoms with Crippen molar-refractivity contribution < 1.29 is 4.79 Å². The molecule has 7 nitrogen and oxygen atoms in total. The van der Waals surface area contributed by atoms with Crippen molar-refractivity contribution in [2.24, 2.45) is 0 Å². The fourth-order valence-corrected chi connectivity index (χ4v) is 3.84. The fourth-order valence-electron chi connectivity index (χ4n) is 3.08. The van der Waals surface area contributed by atoms with Crippen LogP contribution in [0.2, 0.25) is 0 Å². The molecule has 0 amide bonds. The monoisotopic (exact) mass is 444 g/mol. The van der Waals surface area contributed by atoms with Gasteiger partial charge in [-0.3, -0.25) is 9.89 Å². The summed E-state index contributed by atoms with van der Waals surface area (Å²) < 4.78 is 0. The Balaban J connectivity index is 1.60. The molecule has 0 atom stereocenters. The second kappa shape index (κ2) is 10.1. The average molecular weight is 445 g/mol. The van der Waals surface area contributed by atoms with E-state index in [4.69, 9.17) is 4.98 Å². The van der Waals surface area contributed by atoms with Crippen LogP contribution in [0.15, 0.2) is 83.0 Å². The average Bonchev–Trinajstić information content (AvgIpc) is 3.33. The van der Waals surface area contributed by atoms with Crippen molar-refractivity contribution in [2.45, 2.75) is 29.8 Å². The van der Waals surface area contributed by atoms with E-state index in [2.05, 4.69) is 20.5 Å². The molecule has 2 heterocycles. The molecule has 0 bridgehead atoms. The number of hydrogen-bond donors (Lipinski definition) is 2. The molecule has 0 unspecified atom stereocenters. The molecule has 0 saturated heterocycles. The van der Waals surface area contributed by atoms with E-state index in [1.165, 1.54) is 11.8 Å². The molecule has 162 valence electrons. The van der Waals surface area contributed by atoms with Crippen LogP contribution in [0.3, 0.4) is 0 Å². The number of nitrogens with zero attached hydrogens (tertiary/aromatic N) is 4. The van der Waals surface area contributed by atoms with Crippen molar-refractivity contribution >= 4 is 40.7 Å². The molecule has 0 fully saturated rings. The summed E-state index contributed by atoms with van der Waals surface area (Å²) in [6.45, 7) is 1.89. The van der Waals surface area contributed by atoms with E-state index in [0.29, 0.717) is 23.8 Å². The molecule has 0 saturated carbocycles. The van der Waals surface area contributed by atoms with Crippen molar-refractivity contribution in [1.82, 2.24) is 20.2 Å². The van der Waals surface area contributed by atoms with Gasteiger partial charge in [0.1, 0.15) is 23.2 Å². The van der Waals surface area contributed by atoms with E-state index in [1.807, 2.05) is 85.6 Å². The summed E-state index contributed by atoms with van der Waals surface area (Å²) in [6.07, 6.45) is 2.70. The summed E-state index contributed by atoms with van der Waals surface area (Å²) in [6, 6.07) is 21.8.